The number of ether oxygens (including phenoxy) is 4. The van der Waals surface area contributed by atoms with E-state index < -0.39 is 0 Å². The average Bonchev–Trinajstić information content (AvgIpc) is 2.79. The molecular weight excluding hydrogens is 400 g/mol. The molecule has 0 saturated heterocycles. The van der Waals surface area contributed by atoms with Crippen molar-refractivity contribution < 1.29 is 28.5 Å². The predicted octanol–water partition coefficient (Wildman–Crippen LogP) is 2.82. The number of carbonyl (C=O) groups excluding carboxylic acids is 2. The Morgan fingerprint density at radius 3 is 2.35 bits per heavy atom. The Kier molecular flexibility index (Phi) is 7.23. The summed E-state index contributed by atoms with van der Waals surface area (Å²) in [5.41, 5.74) is 2.23. The zero-order chi connectivity index (χ0) is 22.4. The first-order chi connectivity index (χ1) is 15.0. The molecule has 1 N–H and O–H groups in total. The number of para-hydroxylation sites is 1. The van der Waals surface area contributed by atoms with Crippen LogP contribution < -0.4 is 29.2 Å². The van der Waals surface area contributed by atoms with Crippen LogP contribution in [0.15, 0.2) is 30.3 Å². The normalized spacial score (nSPS) is 12.6. The lowest BCUT2D eigenvalue weighted by Crippen LogP contribution is -2.36. The van der Waals surface area contributed by atoms with E-state index in [1.54, 1.807) is 17.0 Å². The highest BCUT2D eigenvalue weighted by molar-refractivity contribution is 6.08. The number of hydrogen-bond donors (Lipinski definition) is 1. The molecule has 31 heavy (non-hydrogen) atoms. The molecule has 1 heterocycles. The van der Waals surface area contributed by atoms with Gasteiger partial charge in [-0.15, -0.1) is 0 Å². The van der Waals surface area contributed by atoms with Crippen LogP contribution in [-0.2, 0) is 11.2 Å². The van der Waals surface area contributed by atoms with Gasteiger partial charge in [-0.25, -0.2) is 0 Å². The van der Waals surface area contributed by atoms with E-state index in [-0.39, 0.29) is 11.8 Å². The second-order valence-corrected chi connectivity index (χ2v) is 7.07. The van der Waals surface area contributed by atoms with E-state index in [4.69, 9.17) is 18.9 Å². The number of amides is 2. The smallest absolute Gasteiger partial charge is 0.258 e. The maximum absolute atomic E-state index is 13.5. The number of nitrogens with zero attached hydrogens (tertiary/aromatic N) is 1. The van der Waals surface area contributed by atoms with E-state index in [1.165, 1.54) is 28.3 Å². The van der Waals surface area contributed by atoms with Crippen molar-refractivity contribution in [3.8, 4) is 23.0 Å². The van der Waals surface area contributed by atoms with Gasteiger partial charge in [0, 0.05) is 19.0 Å². The van der Waals surface area contributed by atoms with E-state index in [2.05, 4.69) is 5.32 Å². The number of hydrogen-bond acceptors (Lipinski definition) is 6. The van der Waals surface area contributed by atoms with Gasteiger partial charge in [0.15, 0.2) is 11.5 Å². The van der Waals surface area contributed by atoms with Gasteiger partial charge in [-0.3, -0.25) is 9.59 Å². The molecule has 3 rings (SSSR count). The third-order valence-corrected chi connectivity index (χ3v) is 5.07. The fourth-order valence-corrected chi connectivity index (χ4v) is 3.68. The van der Waals surface area contributed by atoms with E-state index in [9.17, 15) is 9.59 Å². The number of benzene rings is 2. The van der Waals surface area contributed by atoms with Crippen LogP contribution in [0.3, 0.4) is 0 Å². The topological polar surface area (TPSA) is 86.3 Å². The zero-order valence-corrected chi connectivity index (χ0v) is 18.3. The lowest BCUT2D eigenvalue weighted by Gasteiger charge is -2.31. The number of aryl methyl sites for hydroxylation is 1. The van der Waals surface area contributed by atoms with Crippen LogP contribution in [0.5, 0.6) is 23.0 Å². The lowest BCUT2D eigenvalue weighted by molar-refractivity contribution is -0.119. The third-order valence-electron chi connectivity index (χ3n) is 5.07. The van der Waals surface area contributed by atoms with E-state index >= 15 is 0 Å². The quantitative estimate of drug-likeness (QED) is 0.651. The summed E-state index contributed by atoms with van der Waals surface area (Å²) in [5.74, 6) is 1.59. The lowest BCUT2D eigenvalue weighted by atomic mass is 9.99. The van der Waals surface area contributed by atoms with Crippen LogP contribution in [0.25, 0.3) is 0 Å². The van der Waals surface area contributed by atoms with E-state index in [0.29, 0.717) is 48.3 Å². The summed E-state index contributed by atoms with van der Waals surface area (Å²) < 4.78 is 22.1. The Balaban J connectivity index is 1.93. The molecule has 8 nitrogen and oxygen atoms in total. The highest BCUT2D eigenvalue weighted by Crippen LogP contribution is 2.41. The molecular formula is C23H28N2O6. The maximum Gasteiger partial charge on any atom is 0.258 e. The molecule has 0 fully saturated rings. The molecule has 2 amide bonds. The molecule has 0 unspecified atom stereocenters. The van der Waals surface area contributed by atoms with Crippen LogP contribution in [0.2, 0.25) is 0 Å². The summed E-state index contributed by atoms with van der Waals surface area (Å²) in [6, 6.07) is 9.06. The zero-order valence-electron chi connectivity index (χ0n) is 18.3. The fraction of sp³-hybridized carbons (Fsp3) is 0.391. The Morgan fingerprint density at radius 2 is 1.74 bits per heavy atom. The number of rotatable bonds is 8. The summed E-state index contributed by atoms with van der Waals surface area (Å²) in [7, 11) is 4.55. The van der Waals surface area contributed by atoms with Crippen molar-refractivity contribution in [1.29, 1.82) is 0 Å². The van der Waals surface area contributed by atoms with Crippen molar-refractivity contribution in [2.75, 3.05) is 45.9 Å². The number of nitrogens with one attached hydrogen (secondary N) is 1. The molecule has 8 heteroatoms. The summed E-state index contributed by atoms with van der Waals surface area (Å²) in [4.78, 5) is 26.3. The molecule has 0 saturated carbocycles. The van der Waals surface area contributed by atoms with E-state index in [0.717, 1.165) is 24.1 Å². The van der Waals surface area contributed by atoms with Gasteiger partial charge in [0.05, 0.1) is 33.6 Å². The molecule has 1 aliphatic rings. The second kappa shape index (κ2) is 10.1. The Bertz CT molecular complexity index is 934. The summed E-state index contributed by atoms with van der Waals surface area (Å²) in [5, 5.41) is 2.71. The standard InChI is InChI=1S/C23H28N2O6/c1-15(26)24-10-12-31-18-9-5-7-16-8-6-11-25(21(16)18)23(27)17-13-19(28-2)22(30-4)20(14-17)29-3/h5,7,9,13-14H,6,8,10-12H2,1-4H3,(H,24,26). The second-order valence-electron chi connectivity index (χ2n) is 7.07. The van der Waals surface area contributed by atoms with Crippen LogP contribution >= 0.6 is 0 Å². The summed E-state index contributed by atoms with van der Waals surface area (Å²) >= 11 is 0. The van der Waals surface area contributed by atoms with Crippen molar-refractivity contribution >= 4 is 17.5 Å². The van der Waals surface area contributed by atoms with Crippen molar-refractivity contribution in [2.24, 2.45) is 0 Å². The molecule has 0 atom stereocenters. The Labute approximate surface area is 182 Å². The molecule has 0 bridgehead atoms. The molecule has 1 aliphatic heterocycles. The number of carbonyl (C=O) groups is 2. The SMILES string of the molecule is COc1cc(C(=O)N2CCCc3cccc(OCCNC(C)=O)c32)cc(OC)c1OC. The molecule has 2 aromatic carbocycles. The van der Waals surface area contributed by atoms with Crippen molar-refractivity contribution in [1.82, 2.24) is 5.32 Å². The van der Waals surface area contributed by atoms with Crippen LogP contribution in [0, 0.1) is 0 Å². The van der Waals surface area contributed by atoms with Crippen LogP contribution in [0.4, 0.5) is 5.69 Å². The first-order valence-electron chi connectivity index (χ1n) is 10.1. The van der Waals surface area contributed by atoms with E-state index in [1.807, 2.05) is 18.2 Å². The highest BCUT2D eigenvalue weighted by Gasteiger charge is 2.28. The van der Waals surface area contributed by atoms with Crippen molar-refractivity contribution in [3.63, 3.8) is 0 Å². The minimum atomic E-state index is -0.182. The van der Waals surface area contributed by atoms with Gasteiger partial charge in [0.1, 0.15) is 12.4 Å². The summed E-state index contributed by atoms with van der Waals surface area (Å²) in [6.07, 6.45) is 1.70. The molecule has 2 aromatic rings. The molecule has 0 spiro atoms. The monoisotopic (exact) mass is 428 g/mol. The first kappa shape index (κ1) is 22.3. The molecule has 0 radical (unpaired) electrons. The number of anilines is 1. The minimum Gasteiger partial charge on any atom is -0.493 e. The van der Waals surface area contributed by atoms with Gasteiger partial charge in [-0.1, -0.05) is 12.1 Å². The van der Waals surface area contributed by atoms with Gasteiger partial charge in [0.25, 0.3) is 5.91 Å². The molecule has 0 aromatic heterocycles. The van der Waals surface area contributed by atoms with Crippen molar-refractivity contribution in [3.05, 3.63) is 41.5 Å². The number of methoxy groups -OCH3 is 3. The largest absolute Gasteiger partial charge is 0.493 e. The van der Waals surface area contributed by atoms with Gasteiger partial charge < -0.3 is 29.2 Å². The molecule has 0 aliphatic carbocycles. The molecule has 166 valence electrons. The number of fused-ring (bicyclic) bond motifs is 1. The third kappa shape index (κ3) is 4.84. The fourth-order valence-electron chi connectivity index (χ4n) is 3.68. The van der Waals surface area contributed by atoms with Gasteiger partial charge in [-0.05, 0) is 36.6 Å². The maximum atomic E-state index is 13.5. The average molecular weight is 428 g/mol. The summed E-state index contributed by atoms with van der Waals surface area (Å²) in [6.45, 7) is 2.72. The van der Waals surface area contributed by atoms with Crippen LogP contribution in [0.1, 0.15) is 29.3 Å². The first-order valence-corrected chi connectivity index (χ1v) is 10.1. The predicted molar refractivity (Wildman–Crippen MR) is 117 cm³/mol. The van der Waals surface area contributed by atoms with Crippen LogP contribution in [-0.4, -0.2) is 52.8 Å². The van der Waals surface area contributed by atoms with Gasteiger partial charge >= 0.3 is 0 Å². The Hall–Kier alpha value is -3.42. The van der Waals surface area contributed by atoms with Gasteiger partial charge in [0.2, 0.25) is 11.7 Å². The Morgan fingerprint density at radius 1 is 1.03 bits per heavy atom. The minimum absolute atomic E-state index is 0.113. The van der Waals surface area contributed by atoms with Crippen molar-refractivity contribution in [2.45, 2.75) is 19.8 Å². The van der Waals surface area contributed by atoms with Gasteiger partial charge in [-0.2, -0.15) is 0 Å². The highest BCUT2D eigenvalue weighted by atomic mass is 16.5.